The molecule has 0 radical (unpaired) electrons. The molecule has 0 amide bonds. The van der Waals surface area contributed by atoms with Crippen molar-refractivity contribution in [3.63, 3.8) is 0 Å². The molecule has 8 heteroatoms. The molecule has 0 saturated carbocycles. The number of nitrogens with zero attached hydrogens (tertiary/aromatic N) is 1. The molecular formula is C19H18N2O5S. The van der Waals surface area contributed by atoms with Gasteiger partial charge < -0.3 is 19.2 Å². The molecule has 0 spiro atoms. The zero-order valence-electron chi connectivity index (χ0n) is 14.9. The number of carbonyl (C=O) groups is 2. The standard InChI is InChI=1S/C19H18N2O5S/c1-24-16-6-5-12(8-17(16)25-2)19-21-13(11-27-19)9-18(23)26-10-15(22)14-4-3-7-20-14/h3-8,11,20H,9-10H2,1-2H3. The molecule has 0 saturated heterocycles. The van der Waals surface area contributed by atoms with E-state index in [4.69, 9.17) is 14.2 Å². The number of thiazole rings is 1. The van der Waals surface area contributed by atoms with E-state index in [1.165, 1.54) is 11.3 Å². The molecular weight excluding hydrogens is 368 g/mol. The van der Waals surface area contributed by atoms with Crippen molar-refractivity contribution in [2.45, 2.75) is 6.42 Å². The maximum atomic E-state index is 12.0. The number of benzene rings is 1. The first-order chi connectivity index (χ1) is 13.1. The summed E-state index contributed by atoms with van der Waals surface area (Å²) in [5.41, 5.74) is 1.86. The zero-order valence-corrected chi connectivity index (χ0v) is 15.7. The molecule has 1 N–H and O–H groups in total. The highest BCUT2D eigenvalue weighted by atomic mass is 32.1. The van der Waals surface area contributed by atoms with Crippen LogP contribution in [-0.2, 0) is 16.0 Å². The fraction of sp³-hybridized carbons (Fsp3) is 0.211. The van der Waals surface area contributed by atoms with Gasteiger partial charge in [0.05, 0.1) is 32.0 Å². The second kappa shape index (κ2) is 8.50. The molecule has 2 heterocycles. The topological polar surface area (TPSA) is 90.5 Å². The third kappa shape index (κ3) is 4.53. The molecule has 2 aromatic heterocycles. The number of ketones is 1. The molecule has 0 fully saturated rings. The van der Waals surface area contributed by atoms with Gasteiger partial charge in [0.15, 0.2) is 18.1 Å². The van der Waals surface area contributed by atoms with Crippen LogP contribution in [-0.4, -0.2) is 42.5 Å². The number of aromatic amines is 1. The summed E-state index contributed by atoms with van der Waals surface area (Å²) in [6.07, 6.45) is 1.64. The number of Topliss-reactive ketones (excluding diaryl/α,β-unsaturated/α-hetero) is 1. The third-order valence-electron chi connectivity index (χ3n) is 3.77. The average molecular weight is 386 g/mol. The van der Waals surface area contributed by atoms with Crippen LogP contribution in [0.4, 0.5) is 0 Å². The van der Waals surface area contributed by atoms with Gasteiger partial charge in [-0.15, -0.1) is 11.3 Å². The van der Waals surface area contributed by atoms with E-state index in [0.29, 0.717) is 22.9 Å². The van der Waals surface area contributed by atoms with Crippen molar-refractivity contribution in [1.29, 1.82) is 0 Å². The number of ether oxygens (including phenoxy) is 3. The van der Waals surface area contributed by atoms with Crippen LogP contribution in [0.5, 0.6) is 11.5 Å². The summed E-state index contributed by atoms with van der Waals surface area (Å²) >= 11 is 1.41. The summed E-state index contributed by atoms with van der Waals surface area (Å²) in [4.78, 5) is 31.0. The third-order valence-corrected chi connectivity index (χ3v) is 4.71. The van der Waals surface area contributed by atoms with Gasteiger partial charge in [0, 0.05) is 17.1 Å². The maximum Gasteiger partial charge on any atom is 0.312 e. The molecule has 0 unspecified atom stereocenters. The number of hydrogen-bond donors (Lipinski definition) is 1. The first-order valence-corrected chi connectivity index (χ1v) is 8.97. The average Bonchev–Trinajstić information content (AvgIpc) is 3.37. The Kier molecular flexibility index (Phi) is 5.87. The van der Waals surface area contributed by atoms with Crippen LogP contribution in [0.25, 0.3) is 10.6 Å². The van der Waals surface area contributed by atoms with Gasteiger partial charge in [0.25, 0.3) is 0 Å². The largest absolute Gasteiger partial charge is 0.493 e. The number of nitrogens with one attached hydrogen (secondary N) is 1. The van der Waals surface area contributed by atoms with Crippen molar-refractivity contribution >= 4 is 23.1 Å². The Morgan fingerprint density at radius 3 is 2.67 bits per heavy atom. The normalized spacial score (nSPS) is 10.4. The Hall–Kier alpha value is -3.13. The Bertz CT molecular complexity index is 933. The number of carbonyl (C=O) groups excluding carboxylic acids is 2. The van der Waals surface area contributed by atoms with Crippen LogP contribution in [0.1, 0.15) is 16.2 Å². The van der Waals surface area contributed by atoms with E-state index in [0.717, 1.165) is 10.6 Å². The second-order valence-electron chi connectivity index (χ2n) is 5.56. The summed E-state index contributed by atoms with van der Waals surface area (Å²) in [7, 11) is 3.14. The number of hydrogen-bond acceptors (Lipinski definition) is 7. The number of H-pyrrole nitrogens is 1. The van der Waals surface area contributed by atoms with Crippen molar-refractivity contribution in [2.24, 2.45) is 0 Å². The lowest BCUT2D eigenvalue weighted by atomic mass is 10.2. The molecule has 3 rings (SSSR count). The minimum Gasteiger partial charge on any atom is -0.493 e. The SMILES string of the molecule is COc1ccc(-c2nc(CC(=O)OCC(=O)c3ccc[nH]3)cs2)cc1OC. The van der Waals surface area contributed by atoms with Gasteiger partial charge in [0.2, 0.25) is 5.78 Å². The highest BCUT2D eigenvalue weighted by molar-refractivity contribution is 7.13. The summed E-state index contributed by atoms with van der Waals surface area (Å²) in [5, 5.41) is 2.54. The summed E-state index contributed by atoms with van der Waals surface area (Å²) in [6.45, 7) is -0.300. The van der Waals surface area contributed by atoms with Crippen molar-refractivity contribution in [1.82, 2.24) is 9.97 Å². The lowest BCUT2D eigenvalue weighted by molar-refractivity contribution is -0.141. The van der Waals surface area contributed by atoms with Crippen molar-refractivity contribution in [3.05, 3.63) is 53.3 Å². The van der Waals surface area contributed by atoms with Crippen molar-refractivity contribution < 1.29 is 23.8 Å². The van der Waals surface area contributed by atoms with E-state index in [2.05, 4.69) is 9.97 Å². The lowest BCUT2D eigenvalue weighted by Gasteiger charge is -2.08. The first kappa shape index (κ1) is 18.7. The minimum atomic E-state index is -0.501. The van der Waals surface area contributed by atoms with Gasteiger partial charge in [0.1, 0.15) is 5.01 Å². The molecule has 0 atom stereocenters. The Morgan fingerprint density at radius 2 is 1.96 bits per heavy atom. The fourth-order valence-electron chi connectivity index (χ4n) is 2.42. The fourth-order valence-corrected chi connectivity index (χ4v) is 3.23. The molecule has 3 aromatic rings. The molecule has 27 heavy (non-hydrogen) atoms. The van der Waals surface area contributed by atoms with Crippen LogP contribution >= 0.6 is 11.3 Å². The molecule has 1 aromatic carbocycles. The number of rotatable bonds is 8. The van der Waals surface area contributed by atoms with E-state index >= 15 is 0 Å². The highest BCUT2D eigenvalue weighted by Crippen LogP contribution is 2.33. The second-order valence-corrected chi connectivity index (χ2v) is 6.42. The zero-order chi connectivity index (χ0) is 19.2. The first-order valence-electron chi connectivity index (χ1n) is 8.09. The highest BCUT2D eigenvalue weighted by Gasteiger charge is 2.14. The van der Waals surface area contributed by atoms with Crippen LogP contribution < -0.4 is 9.47 Å². The van der Waals surface area contributed by atoms with Gasteiger partial charge in [-0.3, -0.25) is 9.59 Å². The summed E-state index contributed by atoms with van der Waals surface area (Å²) in [6, 6.07) is 8.84. The van der Waals surface area contributed by atoms with Gasteiger partial charge >= 0.3 is 5.97 Å². The number of methoxy groups -OCH3 is 2. The lowest BCUT2D eigenvalue weighted by Crippen LogP contribution is -2.16. The van der Waals surface area contributed by atoms with Crippen molar-refractivity contribution in [2.75, 3.05) is 20.8 Å². The Labute approximate surface area is 159 Å². The Balaban J connectivity index is 1.60. The Morgan fingerprint density at radius 1 is 1.15 bits per heavy atom. The van der Waals surface area contributed by atoms with E-state index in [9.17, 15) is 9.59 Å². The van der Waals surface area contributed by atoms with Gasteiger partial charge in [-0.2, -0.15) is 0 Å². The van der Waals surface area contributed by atoms with E-state index in [1.54, 1.807) is 44.0 Å². The molecule has 7 nitrogen and oxygen atoms in total. The van der Waals surface area contributed by atoms with E-state index < -0.39 is 5.97 Å². The van der Waals surface area contributed by atoms with Crippen LogP contribution in [0, 0.1) is 0 Å². The van der Waals surface area contributed by atoms with E-state index in [1.807, 2.05) is 12.1 Å². The molecule has 0 aliphatic rings. The molecule has 0 aliphatic heterocycles. The van der Waals surface area contributed by atoms with Gasteiger partial charge in [-0.1, -0.05) is 0 Å². The number of aromatic nitrogens is 2. The summed E-state index contributed by atoms with van der Waals surface area (Å²) in [5.74, 6) is 0.457. The number of esters is 1. The van der Waals surface area contributed by atoms with Gasteiger partial charge in [-0.05, 0) is 30.3 Å². The minimum absolute atomic E-state index is 0.00178. The van der Waals surface area contributed by atoms with Crippen molar-refractivity contribution in [3.8, 4) is 22.1 Å². The molecule has 0 bridgehead atoms. The maximum absolute atomic E-state index is 12.0. The summed E-state index contributed by atoms with van der Waals surface area (Å²) < 4.78 is 15.6. The van der Waals surface area contributed by atoms with Crippen LogP contribution in [0.2, 0.25) is 0 Å². The predicted molar refractivity (Wildman–Crippen MR) is 100 cm³/mol. The van der Waals surface area contributed by atoms with Gasteiger partial charge in [-0.25, -0.2) is 4.98 Å². The predicted octanol–water partition coefficient (Wildman–Crippen LogP) is 3.12. The monoisotopic (exact) mass is 386 g/mol. The molecule has 0 aliphatic carbocycles. The van der Waals surface area contributed by atoms with E-state index in [-0.39, 0.29) is 18.8 Å². The quantitative estimate of drug-likeness (QED) is 0.472. The molecule has 140 valence electrons. The smallest absolute Gasteiger partial charge is 0.312 e. The van der Waals surface area contributed by atoms with Crippen LogP contribution in [0.3, 0.4) is 0 Å². The van der Waals surface area contributed by atoms with Crippen LogP contribution in [0.15, 0.2) is 41.9 Å².